The molecule has 1 N–H and O–H groups in total. The Morgan fingerprint density at radius 2 is 1.84 bits per heavy atom. The number of aryl methyl sites for hydroxylation is 2. The van der Waals surface area contributed by atoms with Crippen molar-refractivity contribution in [2.75, 3.05) is 11.9 Å². The lowest BCUT2D eigenvalue weighted by Gasteiger charge is -2.31. The molecular weight excluding hydrogens is 494 g/mol. The second-order valence-corrected chi connectivity index (χ2v) is 11.1. The van der Waals surface area contributed by atoms with Gasteiger partial charge in [0.15, 0.2) is 0 Å². The van der Waals surface area contributed by atoms with Crippen LogP contribution in [0.4, 0.5) is 10.5 Å². The molecule has 0 saturated carbocycles. The number of carbonyl (C=O) groups excluding carboxylic acids is 2. The highest BCUT2D eigenvalue weighted by molar-refractivity contribution is 7.15. The number of urea groups is 1. The summed E-state index contributed by atoms with van der Waals surface area (Å²) in [4.78, 5) is 29.6. The zero-order chi connectivity index (χ0) is 26.2. The molecule has 38 heavy (non-hydrogen) atoms. The number of carbonyl (C=O) groups is 2. The number of hydrogen-bond acceptors (Lipinski definition) is 4. The maximum absolute atomic E-state index is 14.1. The van der Waals surface area contributed by atoms with Gasteiger partial charge in [-0.2, -0.15) is 0 Å². The number of rotatable bonds is 4. The van der Waals surface area contributed by atoms with Crippen molar-refractivity contribution < 1.29 is 14.3 Å². The Hall–Kier alpha value is -3.84. The van der Waals surface area contributed by atoms with Gasteiger partial charge in [-0.05, 0) is 87.1 Å². The van der Waals surface area contributed by atoms with E-state index < -0.39 is 0 Å². The molecule has 0 spiro atoms. The molecule has 4 aromatic rings. The second kappa shape index (κ2) is 10.1. The van der Waals surface area contributed by atoms with Crippen LogP contribution in [0.2, 0.25) is 0 Å². The van der Waals surface area contributed by atoms with Crippen molar-refractivity contribution in [3.05, 3.63) is 105 Å². The van der Waals surface area contributed by atoms with Crippen molar-refractivity contribution >= 4 is 29.0 Å². The standard InChI is InChI=1S/C31H31N3O3S/c1-3-37-30(35)21-13-15-23(16-14-21)32-31(36)34-19-25-24-10-4-5-12-27(24)38-29(25)33-17-7-11-26(33)28(34)22-9-6-8-20(2)18-22/h6-9,11,13-18,28H,3-5,10,12,19H2,1-2H3,(H,32,36)/t28-/m0/s1. The molecule has 2 aromatic heterocycles. The first kappa shape index (κ1) is 24.5. The molecule has 3 heterocycles. The first-order chi connectivity index (χ1) is 18.5. The number of ether oxygens (including phenoxy) is 1. The van der Waals surface area contributed by atoms with Crippen LogP contribution in [0.1, 0.15) is 69.0 Å². The molecule has 6 rings (SSSR count). The van der Waals surface area contributed by atoms with Crippen LogP contribution in [-0.4, -0.2) is 28.1 Å². The van der Waals surface area contributed by atoms with Crippen molar-refractivity contribution in [1.29, 1.82) is 0 Å². The molecule has 0 saturated heterocycles. The molecule has 7 heteroatoms. The highest BCUT2D eigenvalue weighted by atomic mass is 32.1. The third-order valence-electron chi connectivity index (χ3n) is 7.44. The maximum atomic E-state index is 14.1. The molecule has 2 aliphatic rings. The molecule has 2 aromatic carbocycles. The molecule has 1 aliphatic carbocycles. The minimum atomic E-state index is -0.368. The highest BCUT2D eigenvalue weighted by Gasteiger charge is 2.36. The lowest BCUT2D eigenvalue weighted by Crippen LogP contribution is -2.38. The predicted octanol–water partition coefficient (Wildman–Crippen LogP) is 7.04. The molecule has 0 unspecified atom stereocenters. The van der Waals surface area contributed by atoms with Gasteiger partial charge in [-0.1, -0.05) is 29.8 Å². The van der Waals surface area contributed by atoms with E-state index in [1.165, 1.54) is 33.8 Å². The van der Waals surface area contributed by atoms with Gasteiger partial charge in [0.1, 0.15) is 5.00 Å². The molecule has 0 bridgehead atoms. The first-order valence-corrected chi connectivity index (χ1v) is 14.1. The third-order valence-corrected chi connectivity index (χ3v) is 8.78. The summed E-state index contributed by atoms with van der Waals surface area (Å²) in [5.74, 6) is -0.368. The van der Waals surface area contributed by atoms with E-state index in [1.807, 2.05) is 16.2 Å². The lowest BCUT2D eigenvalue weighted by atomic mass is 9.95. The van der Waals surface area contributed by atoms with E-state index in [0.717, 1.165) is 29.7 Å². The van der Waals surface area contributed by atoms with Crippen molar-refractivity contribution in [2.45, 2.75) is 52.1 Å². The molecule has 0 radical (unpaired) electrons. The minimum Gasteiger partial charge on any atom is -0.462 e. The number of fused-ring (bicyclic) bond motifs is 5. The third kappa shape index (κ3) is 4.41. The van der Waals surface area contributed by atoms with Gasteiger partial charge in [-0.25, -0.2) is 9.59 Å². The summed E-state index contributed by atoms with van der Waals surface area (Å²) in [6, 6.07) is 19.1. The van der Waals surface area contributed by atoms with E-state index in [-0.39, 0.29) is 18.0 Å². The minimum absolute atomic E-state index is 0.170. The summed E-state index contributed by atoms with van der Waals surface area (Å²) < 4.78 is 7.39. The van der Waals surface area contributed by atoms with E-state index in [1.54, 1.807) is 31.2 Å². The van der Waals surface area contributed by atoms with Gasteiger partial charge >= 0.3 is 12.0 Å². The Labute approximate surface area is 226 Å². The number of thiophene rings is 1. The fourth-order valence-corrected chi connectivity index (χ4v) is 7.08. The van der Waals surface area contributed by atoms with Gasteiger partial charge in [0, 0.05) is 22.3 Å². The zero-order valence-electron chi connectivity index (χ0n) is 21.7. The molecule has 1 aliphatic heterocycles. The van der Waals surface area contributed by atoms with Crippen molar-refractivity contribution in [1.82, 2.24) is 9.47 Å². The molecule has 0 fully saturated rings. The summed E-state index contributed by atoms with van der Waals surface area (Å²) in [6.45, 7) is 4.73. The number of anilines is 1. The van der Waals surface area contributed by atoms with Gasteiger partial charge in [-0.15, -0.1) is 11.3 Å². The summed E-state index contributed by atoms with van der Waals surface area (Å²) in [5, 5.41) is 4.35. The number of nitrogens with one attached hydrogen (secondary N) is 1. The summed E-state index contributed by atoms with van der Waals surface area (Å²) in [7, 11) is 0. The zero-order valence-corrected chi connectivity index (χ0v) is 22.5. The van der Waals surface area contributed by atoms with Crippen LogP contribution in [-0.2, 0) is 24.1 Å². The Morgan fingerprint density at radius 3 is 2.63 bits per heavy atom. The van der Waals surface area contributed by atoms with Crippen LogP contribution in [0.15, 0.2) is 66.9 Å². The normalized spacial score (nSPS) is 16.2. The topological polar surface area (TPSA) is 63.6 Å². The van der Waals surface area contributed by atoms with Gasteiger partial charge in [0.25, 0.3) is 0 Å². The Morgan fingerprint density at radius 1 is 1.03 bits per heavy atom. The van der Waals surface area contributed by atoms with Gasteiger partial charge < -0.3 is 19.5 Å². The monoisotopic (exact) mass is 525 g/mol. The Bertz CT molecular complexity index is 1500. The quantitative estimate of drug-likeness (QED) is 0.291. The van der Waals surface area contributed by atoms with Crippen molar-refractivity contribution in [3.8, 4) is 5.00 Å². The van der Waals surface area contributed by atoms with Crippen LogP contribution in [0.5, 0.6) is 0 Å². The predicted molar refractivity (Wildman–Crippen MR) is 150 cm³/mol. The fourth-order valence-electron chi connectivity index (χ4n) is 5.68. The molecule has 6 nitrogen and oxygen atoms in total. The van der Waals surface area contributed by atoms with Crippen LogP contribution >= 0.6 is 11.3 Å². The van der Waals surface area contributed by atoms with Gasteiger partial charge in [0.05, 0.1) is 30.5 Å². The van der Waals surface area contributed by atoms with Crippen LogP contribution in [0, 0.1) is 6.92 Å². The number of esters is 1. The number of amides is 2. The highest BCUT2D eigenvalue weighted by Crippen LogP contribution is 2.44. The smallest absolute Gasteiger partial charge is 0.338 e. The first-order valence-electron chi connectivity index (χ1n) is 13.3. The second-order valence-electron chi connectivity index (χ2n) is 9.97. The average molecular weight is 526 g/mol. The molecule has 194 valence electrons. The summed E-state index contributed by atoms with van der Waals surface area (Å²) in [6.07, 6.45) is 6.73. The molecular formula is C31H31N3O3S. The van der Waals surface area contributed by atoms with Crippen LogP contribution < -0.4 is 5.32 Å². The summed E-state index contributed by atoms with van der Waals surface area (Å²) >= 11 is 1.89. The number of hydrogen-bond donors (Lipinski definition) is 1. The lowest BCUT2D eigenvalue weighted by molar-refractivity contribution is 0.0526. The SMILES string of the molecule is CCOC(=O)c1ccc(NC(=O)N2Cc3c(sc4c3CCCC4)-n3cccc3[C@@H]2c2cccc(C)c2)cc1. The Balaban J connectivity index is 1.41. The fraction of sp³-hybridized carbons (Fsp3) is 0.290. The van der Waals surface area contributed by atoms with E-state index in [0.29, 0.717) is 24.4 Å². The number of benzene rings is 2. The van der Waals surface area contributed by atoms with Crippen molar-refractivity contribution in [3.63, 3.8) is 0 Å². The number of nitrogens with zero attached hydrogens (tertiary/aromatic N) is 2. The number of aromatic nitrogens is 1. The average Bonchev–Trinajstić information content (AvgIpc) is 3.51. The molecule has 2 amide bonds. The van der Waals surface area contributed by atoms with E-state index in [2.05, 4.69) is 59.4 Å². The Kier molecular flexibility index (Phi) is 6.54. The van der Waals surface area contributed by atoms with E-state index >= 15 is 0 Å². The molecule has 1 atom stereocenters. The maximum Gasteiger partial charge on any atom is 0.338 e. The van der Waals surface area contributed by atoms with E-state index in [9.17, 15) is 9.59 Å². The van der Waals surface area contributed by atoms with Gasteiger partial charge in [0.2, 0.25) is 0 Å². The van der Waals surface area contributed by atoms with E-state index in [4.69, 9.17) is 4.74 Å². The van der Waals surface area contributed by atoms with Gasteiger partial charge in [-0.3, -0.25) is 0 Å². The summed E-state index contributed by atoms with van der Waals surface area (Å²) in [5.41, 5.74) is 7.12. The van der Waals surface area contributed by atoms with Crippen molar-refractivity contribution in [2.24, 2.45) is 0 Å². The largest absolute Gasteiger partial charge is 0.462 e. The van der Waals surface area contributed by atoms with Crippen LogP contribution in [0.25, 0.3) is 5.00 Å². The van der Waals surface area contributed by atoms with Crippen LogP contribution in [0.3, 0.4) is 0 Å².